The number of ether oxygens (including phenoxy) is 3. The Bertz CT molecular complexity index is 2810. The molecule has 4 atom stereocenters. The minimum atomic E-state index is -1.37. The number of ketones is 1. The highest BCUT2D eigenvalue weighted by molar-refractivity contribution is 6.31. The zero-order valence-electron chi connectivity index (χ0n) is 40.3. The Morgan fingerprint density at radius 1 is 0.849 bits per heavy atom. The molecule has 73 heavy (non-hydrogen) atoms. The van der Waals surface area contributed by atoms with Gasteiger partial charge in [-0.15, -0.1) is 0 Å². The van der Waals surface area contributed by atoms with E-state index in [1.807, 2.05) is 0 Å². The Kier molecular flexibility index (Phi) is 16.0. The molecule has 1 aromatic heterocycles. The molecule has 19 heteroatoms. The second kappa shape index (κ2) is 22.6. The predicted octanol–water partition coefficient (Wildman–Crippen LogP) is 8.11. The number of nitrogens with zero attached hydrogens (tertiary/aromatic N) is 2. The van der Waals surface area contributed by atoms with Crippen molar-refractivity contribution in [3.8, 4) is 0 Å². The third-order valence-electron chi connectivity index (χ3n) is 14.7. The number of benzene rings is 3. The standard InChI is InChI=1S/C54H58Cl2FN7O9/c1-32-15-20-42(48(66)60-32)64-50(68)35-10-8-13-40(44(35)51(64)69)58-23-9-25-72-27-29-73-28-26-71-24-6-3-14-43(65)39-19-17-34(31-59-39)61-49(67)47-45(36-11-7-12-38(56)46(36)57)54(53(63-47)21-4-2-5-22-53)37-18-16-33(55)30-41(37)62-52(54)70/h7-8,10-13,16-19,30-31,42,45,47,58,63H,1-6,9,14-15,20-29H2,(H,60,66)(H,61,67)(H,62,70)/t42?,45-,47+,54+/m0/s1. The summed E-state index contributed by atoms with van der Waals surface area (Å²) in [6, 6.07) is 16.2. The molecule has 5 heterocycles. The van der Waals surface area contributed by atoms with Gasteiger partial charge in [-0.05, 0) is 98.5 Å². The van der Waals surface area contributed by atoms with Gasteiger partial charge in [0.2, 0.25) is 17.7 Å². The third kappa shape index (κ3) is 10.3. The van der Waals surface area contributed by atoms with E-state index < -0.39 is 58.4 Å². The van der Waals surface area contributed by atoms with E-state index in [1.165, 1.54) is 12.3 Å². The number of anilines is 3. The van der Waals surface area contributed by atoms with E-state index in [4.69, 9.17) is 37.4 Å². The van der Waals surface area contributed by atoms with Crippen molar-refractivity contribution >= 4 is 75.6 Å². The molecule has 5 amide bonds. The number of nitrogens with one attached hydrogen (secondary N) is 5. The summed E-state index contributed by atoms with van der Waals surface area (Å²) >= 11 is 12.8. The maximum absolute atomic E-state index is 16.2. The molecule has 0 bridgehead atoms. The summed E-state index contributed by atoms with van der Waals surface area (Å²) in [5.74, 6) is -4.02. The predicted molar refractivity (Wildman–Crippen MR) is 273 cm³/mol. The highest BCUT2D eigenvalue weighted by Crippen LogP contribution is 2.63. The lowest BCUT2D eigenvalue weighted by Gasteiger charge is -2.47. The van der Waals surface area contributed by atoms with Gasteiger partial charge in [0.05, 0.1) is 60.5 Å². The molecule has 4 aliphatic heterocycles. The van der Waals surface area contributed by atoms with E-state index in [0.29, 0.717) is 124 Å². The van der Waals surface area contributed by atoms with E-state index in [1.54, 1.807) is 60.7 Å². The third-order valence-corrected chi connectivity index (χ3v) is 15.2. The van der Waals surface area contributed by atoms with E-state index >= 15 is 4.39 Å². The zero-order chi connectivity index (χ0) is 51.3. The fourth-order valence-electron chi connectivity index (χ4n) is 11.4. The van der Waals surface area contributed by atoms with Gasteiger partial charge in [-0.3, -0.25) is 44.0 Å². The number of carbonyl (C=O) groups is 6. The van der Waals surface area contributed by atoms with Crippen molar-refractivity contribution in [3.05, 3.63) is 129 Å². The average Bonchev–Trinajstić information content (AvgIpc) is 3.97. The topological polar surface area (TPSA) is 206 Å². The van der Waals surface area contributed by atoms with E-state index in [9.17, 15) is 28.8 Å². The van der Waals surface area contributed by atoms with Crippen molar-refractivity contribution in [2.75, 3.05) is 62.1 Å². The van der Waals surface area contributed by atoms with Crippen LogP contribution in [-0.2, 0) is 34.0 Å². The van der Waals surface area contributed by atoms with Gasteiger partial charge in [0.15, 0.2) is 5.78 Å². The number of allylic oxidation sites excluding steroid dienone is 1. The Balaban J connectivity index is 0.677. The first-order chi connectivity index (χ1) is 35.3. The molecular formula is C54H58Cl2FN7O9. The van der Waals surface area contributed by atoms with Crippen LogP contribution in [0.3, 0.4) is 0 Å². The monoisotopic (exact) mass is 1040 g/mol. The van der Waals surface area contributed by atoms with Gasteiger partial charge in [0, 0.05) is 59.7 Å². The number of halogens is 3. The van der Waals surface area contributed by atoms with Crippen LogP contribution in [-0.4, -0.2) is 109 Å². The molecule has 4 aromatic rings. The number of rotatable bonds is 21. The number of amides is 5. The van der Waals surface area contributed by atoms with E-state index in [2.05, 4.69) is 38.1 Å². The van der Waals surface area contributed by atoms with Crippen LogP contribution >= 0.6 is 23.2 Å². The van der Waals surface area contributed by atoms with E-state index in [-0.39, 0.29) is 45.5 Å². The van der Waals surface area contributed by atoms with Crippen LogP contribution in [0.25, 0.3) is 0 Å². The smallest absolute Gasteiger partial charge is 0.264 e. The number of Topliss-reactive ketones (excluding diaryl/α,β-unsaturated/α-hetero) is 1. The molecular weight excluding hydrogens is 981 g/mol. The Labute approximate surface area is 432 Å². The number of pyridine rings is 1. The van der Waals surface area contributed by atoms with Crippen LogP contribution in [0.15, 0.2) is 85.2 Å². The molecule has 2 spiro atoms. The van der Waals surface area contributed by atoms with Gasteiger partial charge < -0.3 is 35.5 Å². The summed E-state index contributed by atoms with van der Waals surface area (Å²) in [5, 5.41) is 15.8. The van der Waals surface area contributed by atoms with Gasteiger partial charge in [-0.2, -0.15) is 0 Å². The molecule has 16 nitrogen and oxygen atoms in total. The van der Waals surface area contributed by atoms with E-state index in [0.717, 1.165) is 24.2 Å². The Hall–Kier alpha value is -6.08. The van der Waals surface area contributed by atoms with Gasteiger partial charge in [-0.1, -0.05) is 73.3 Å². The number of unbranched alkanes of at least 4 members (excludes halogenated alkanes) is 1. The van der Waals surface area contributed by atoms with Crippen molar-refractivity contribution in [3.63, 3.8) is 0 Å². The summed E-state index contributed by atoms with van der Waals surface area (Å²) in [4.78, 5) is 86.6. The number of hydrogen-bond donors (Lipinski definition) is 5. The number of carbonyl (C=O) groups excluding carboxylic acids is 6. The second-order valence-electron chi connectivity index (χ2n) is 19.1. The van der Waals surface area contributed by atoms with Crippen LogP contribution in [0.4, 0.5) is 21.5 Å². The number of imide groups is 1. The molecule has 3 fully saturated rings. The lowest BCUT2D eigenvalue weighted by atomic mass is 9.55. The zero-order valence-corrected chi connectivity index (χ0v) is 41.8. The van der Waals surface area contributed by atoms with Crippen LogP contribution < -0.4 is 26.6 Å². The quantitative estimate of drug-likeness (QED) is 0.0305. The Morgan fingerprint density at radius 3 is 2.33 bits per heavy atom. The first-order valence-corrected chi connectivity index (χ1v) is 25.7. The molecule has 9 rings (SSSR count). The summed E-state index contributed by atoms with van der Waals surface area (Å²) in [6.07, 6.45) is 8.14. The fraction of sp³-hybridized carbons (Fsp3) is 0.426. The molecule has 1 aliphatic carbocycles. The average molecular weight is 1040 g/mol. The number of fused-ring (bicyclic) bond motifs is 4. The van der Waals surface area contributed by atoms with Crippen molar-refractivity contribution in [1.82, 2.24) is 20.5 Å². The van der Waals surface area contributed by atoms with Gasteiger partial charge >= 0.3 is 0 Å². The molecule has 384 valence electrons. The second-order valence-corrected chi connectivity index (χ2v) is 20.0. The largest absolute Gasteiger partial charge is 0.384 e. The van der Waals surface area contributed by atoms with Gasteiger partial charge in [0.1, 0.15) is 23.0 Å². The highest BCUT2D eigenvalue weighted by Gasteiger charge is 2.72. The van der Waals surface area contributed by atoms with Gasteiger partial charge in [-0.25, -0.2) is 4.39 Å². The first-order valence-electron chi connectivity index (χ1n) is 24.9. The molecule has 0 radical (unpaired) electrons. The summed E-state index contributed by atoms with van der Waals surface area (Å²) < 4.78 is 33.2. The molecule has 3 aromatic carbocycles. The summed E-state index contributed by atoms with van der Waals surface area (Å²) in [7, 11) is 0. The number of piperidine rings is 1. The summed E-state index contributed by atoms with van der Waals surface area (Å²) in [6.45, 7) is 6.71. The van der Waals surface area contributed by atoms with Crippen molar-refractivity contribution in [2.45, 2.75) is 99.6 Å². The van der Waals surface area contributed by atoms with Gasteiger partial charge in [0.25, 0.3) is 11.8 Å². The van der Waals surface area contributed by atoms with Crippen molar-refractivity contribution < 1.29 is 47.4 Å². The molecule has 5 N–H and O–H groups in total. The van der Waals surface area contributed by atoms with Crippen LogP contribution in [0.1, 0.15) is 119 Å². The van der Waals surface area contributed by atoms with Crippen molar-refractivity contribution in [2.24, 2.45) is 0 Å². The van der Waals surface area contributed by atoms with Crippen molar-refractivity contribution in [1.29, 1.82) is 0 Å². The number of aromatic nitrogens is 1. The van der Waals surface area contributed by atoms with Crippen LogP contribution in [0.2, 0.25) is 10.0 Å². The minimum absolute atomic E-state index is 0.114. The molecule has 5 aliphatic rings. The highest BCUT2D eigenvalue weighted by atomic mass is 35.5. The van der Waals surface area contributed by atoms with Crippen LogP contribution in [0, 0.1) is 5.82 Å². The summed E-state index contributed by atoms with van der Waals surface area (Å²) in [5.41, 5.74) is 1.33. The molecule has 2 saturated heterocycles. The maximum Gasteiger partial charge on any atom is 0.264 e. The Morgan fingerprint density at radius 2 is 1.59 bits per heavy atom. The molecule has 1 saturated carbocycles. The lowest BCUT2D eigenvalue weighted by Crippen LogP contribution is -2.60. The van der Waals surface area contributed by atoms with Crippen LogP contribution in [0.5, 0.6) is 0 Å². The minimum Gasteiger partial charge on any atom is -0.384 e. The molecule has 1 unspecified atom stereocenters. The number of hydrogen-bond acceptors (Lipinski definition) is 12. The maximum atomic E-state index is 16.2. The fourth-order valence-corrected chi connectivity index (χ4v) is 11.7. The SMILES string of the molecule is C=C1CCC(N2C(=O)c3cccc(NCCCOCCOCCOCCCCC(=O)c4ccc(NC(=O)[C@@H]5NC6(CCCCC6)[C@@]6(C(=O)Nc7cc(Cl)ccc76)[C@H]5c5cccc(Cl)c5F)cn4)c3C2=O)C(=O)N1. The first kappa shape index (κ1) is 51.8. The lowest BCUT2D eigenvalue weighted by molar-refractivity contribution is -0.125. The normalized spacial score (nSPS) is 21.9.